The van der Waals surface area contributed by atoms with Gasteiger partial charge >= 0.3 is 5.97 Å². The van der Waals surface area contributed by atoms with Crippen molar-refractivity contribution in [3.63, 3.8) is 0 Å². The summed E-state index contributed by atoms with van der Waals surface area (Å²) in [6.45, 7) is 5.71. The van der Waals surface area contributed by atoms with Gasteiger partial charge < -0.3 is 9.26 Å². The fraction of sp³-hybridized carbons (Fsp3) is 0.333. The molecule has 0 radical (unpaired) electrons. The Kier molecular flexibility index (Phi) is 6.29. The zero-order valence-electron chi connectivity index (χ0n) is 14.2. The van der Waals surface area contributed by atoms with Crippen molar-refractivity contribution in [3.05, 3.63) is 59.3 Å². The lowest BCUT2D eigenvalue weighted by atomic mass is 10.2. The smallest absolute Gasteiger partial charge is 0.338 e. The maximum atomic E-state index is 12.6. The van der Waals surface area contributed by atoms with Crippen LogP contribution in [0.5, 0.6) is 0 Å². The van der Waals surface area contributed by atoms with E-state index in [1.165, 1.54) is 12.7 Å². The number of pyridine rings is 1. The molecular formula is C18H22NO4P. The lowest BCUT2D eigenvalue weighted by Crippen LogP contribution is -2.17. The molecule has 0 bridgehead atoms. The molecule has 1 aromatic carbocycles. The quantitative estimate of drug-likeness (QED) is 0.566. The van der Waals surface area contributed by atoms with Crippen LogP contribution >= 0.6 is 7.37 Å². The van der Waals surface area contributed by atoms with Crippen LogP contribution in [0.25, 0.3) is 0 Å². The molecule has 1 aromatic heterocycles. The largest absolute Gasteiger partial charge is 0.457 e. The molecular weight excluding hydrogens is 325 g/mol. The van der Waals surface area contributed by atoms with E-state index in [0.717, 1.165) is 5.56 Å². The molecule has 24 heavy (non-hydrogen) atoms. The van der Waals surface area contributed by atoms with Crippen LogP contribution in [0.15, 0.2) is 42.5 Å². The van der Waals surface area contributed by atoms with Gasteiger partial charge in [0.15, 0.2) is 0 Å². The minimum atomic E-state index is -3.05. The highest BCUT2D eigenvalue weighted by atomic mass is 31.2. The molecule has 0 N–H and O–H groups in total. The van der Waals surface area contributed by atoms with Crippen LogP contribution in [-0.2, 0) is 26.9 Å². The third-order valence-corrected chi connectivity index (χ3v) is 5.28. The Morgan fingerprint density at radius 1 is 1.17 bits per heavy atom. The topological polar surface area (TPSA) is 65.5 Å². The summed E-state index contributed by atoms with van der Waals surface area (Å²) in [7, 11) is -3.05. The molecule has 0 aliphatic rings. The summed E-state index contributed by atoms with van der Waals surface area (Å²) in [5, 5.41) is 0. The average molecular weight is 347 g/mol. The van der Waals surface area contributed by atoms with E-state index in [9.17, 15) is 9.36 Å². The molecule has 0 saturated carbocycles. The second-order valence-corrected chi connectivity index (χ2v) is 7.79. The summed E-state index contributed by atoms with van der Waals surface area (Å²) in [6, 6.07) is 12.6. The molecule has 1 unspecified atom stereocenters. The predicted octanol–water partition coefficient (Wildman–Crippen LogP) is 3.57. The van der Waals surface area contributed by atoms with Crippen molar-refractivity contribution in [2.75, 3.05) is 13.3 Å². The maximum Gasteiger partial charge on any atom is 0.338 e. The lowest BCUT2D eigenvalue weighted by Gasteiger charge is -2.14. The van der Waals surface area contributed by atoms with Crippen molar-refractivity contribution in [2.24, 2.45) is 0 Å². The Balaban J connectivity index is 2.22. The Morgan fingerprint density at radius 3 is 2.50 bits per heavy atom. The number of esters is 1. The second kappa shape index (κ2) is 8.22. The third kappa shape index (κ3) is 4.76. The first kappa shape index (κ1) is 18.4. The van der Waals surface area contributed by atoms with Crippen molar-refractivity contribution in [3.8, 4) is 0 Å². The number of nitrogens with zero attached hydrogens (tertiary/aromatic N) is 1. The standard InChI is InChI=1S/C18H22NO4P/c1-4-16-11-15(12-17(19-16)24(3,21)23-5-2)18(20)22-13-14-9-7-6-8-10-14/h6-12H,4-5,13H2,1-3H3. The van der Waals surface area contributed by atoms with E-state index in [0.29, 0.717) is 29.7 Å². The van der Waals surface area contributed by atoms with Gasteiger partial charge in [-0.05, 0) is 31.0 Å². The van der Waals surface area contributed by atoms with Crippen LogP contribution in [0, 0.1) is 0 Å². The maximum absolute atomic E-state index is 12.6. The highest BCUT2D eigenvalue weighted by molar-refractivity contribution is 7.65. The van der Waals surface area contributed by atoms with E-state index in [1.54, 1.807) is 13.0 Å². The summed E-state index contributed by atoms with van der Waals surface area (Å²) in [5.74, 6) is -0.464. The monoisotopic (exact) mass is 347 g/mol. The van der Waals surface area contributed by atoms with Gasteiger partial charge in [-0.15, -0.1) is 0 Å². The molecule has 0 spiro atoms. The number of ether oxygens (including phenoxy) is 1. The third-order valence-electron chi connectivity index (χ3n) is 3.47. The summed E-state index contributed by atoms with van der Waals surface area (Å²) >= 11 is 0. The van der Waals surface area contributed by atoms with Crippen LogP contribution in [0.3, 0.4) is 0 Å². The number of aromatic nitrogens is 1. The van der Waals surface area contributed by atoms with Crippen molar-refractivity contribution in [1.29, 1.82) is 0 Å². The van der Waals surface area contributed by atoms with Gasteiger partial charge in [0.1, 0.15) is 12.0 Å². The number of carbonyl (C=O) groups is 1. The van der Waals surface area contributed by atoms with Crippen LogP contribution in [0.2, 0.25) is 0 Å². The highest BCUT2D eigenvalue weighted by Gasteiger charge is 2.23. The van der Waals surface area contributed by atoms with Gasteiger partial charge in [0.05, 0.1) is 12.2 Å². The van der Waals surface area contributed by atoms with Crippen molar-refractivity contribution in [1.82, 2.24) is 4.98 Å². The molecule has 0 saturated heterocycles. The summed E-state index contributed by atoms with van der Waals surface area (Å²) in [4.78, 5) is 16.7. The molecule has 6 heteroatoms. The van der Waals surface area contributed by atoms with Crippen LogP contribution < -0.4 is 5.44 Å². The first-order chi connectivity index (χ1) is 11.5. The van der Waals surface area contributed by atoms with Gasteiger partial charge in [0.2, 0.25) is 7.37 Å². The highest BCUT2D eigenvalue weighted by Crippen LogP contribution is 2.40. The fourth-order valence-corrected chi connectivity index (χ4v) is 3.51. The Bertz CT molecular complexity index is 746. The predicted molar refractivity (Wildman–Crippen MR) is 94.0 cm³/mol. The number of benzene rings is 1. The van der Waals surface area contributed by atoms with Crippen LogP contribution in [0.1, 0.15) is 35.5 Å². The van der Waals surface area contributed by atoms with E-state index < -0.39 is 13.3 Å². The second-order valence-electron chi connectivity index (χ2n) is 5.38. The molecule has 1 atom stereocenters. The zero-order chi connectivity index (χ0) is 17.6. The van der Waals surface area contributed by atoms with Crippen LogP contribution in [-0.4, -0.2) is 24.2 Å². The molecule has 0 aliphatic carbocycles. The fourth-order valence-electron chi connectivity index (χ4n) is 2.20. The minimum Gasteiger partial charge on any atom is -0.457 e. The Hall–Kier alpha value is -1.97. The molecule has 1 heterocycles. The molecule has 0 fully saturated rings. The molecule has 2 rings (SSSR count). The first-order valence-corrected chi connectivity index (χ1v) is 9.98. The molecule has 0 amide bonds. The number of hydrogen-bond donors (Lipinski definition) is 0. The van der Waals surface area contributed by atoms with Gasteiger partial charge in [-0.1, -0.05) is 37.3 Å². The number of carbonyl (C=O) groups excluding carboxylic acids is 1. The first-order valence-electron chi connectivity index (χ1n) is 7.91. The van der Waals surface area contributed by atoms with E-state index in [2.05, 4.69) is 4.98 Å². The summed E-state index contributed by atoms with van der Waals surface area (Å²) in [5.41, 5.74) is 2.23. The van der Waals surface area contributed by atoms with Crippen LogP contribution in [0.4, 0.5) is 0 Å². The molecule has 128 valence electrons. The van der Waals surface area contributed by atoms with E-state index in [-0.39, 0.29) is 6.61 Å². The van der Waals surface area contributed by atoms with Gasteiger partial charge in [0, 0.05) is 12.4 Å². The van der Waals surface area contributed by atoms with E-state index in [1.807, 2.05) is 37.3 Å². The summed E-state index contributed by atoms with van der Waals surface area (Å²) in [6.07, 6.45) is 0.624. The molecule has 2 aromatic rings. The van der Waals surface area contributed by atoms with Crippen molar-refractivity contribution >= 4 is 18.8 Å². The average Bonchev–Trinajstić information content (AvgIpc) is 2.60. The number of rotatable bonds is 7. The lowest BCUT2D eigenvalue weighted by molar-refractivity contribution is 0.0472. The van der Waals surface area contributed by atoms with Crippen molar-refractivity contribution < 1.29 is 18.6 Å². The molecule has 0 aliphatic heterocycles. The van der Waals surface area contributed by atoms with Gasteiger partial charge in [0.25, 0.3) is 0 Å². The SMILES string of the molecule is CCOP(C)(=O)c1cc(C(=O)OCc2ccccc2)cc(CC)n1. The zero-order valence-corrected chi connectivity index (χ0v) is 15.1. The van der Waals surface area contributed by atoms with Gasteiger partial charge in [-0.25, -0.2) is 9.78 Å². The molecule has 5 nitrogen and oxygen atoms in total. The van der Waals surface area contributed by atoms with Crippen molar-refractivity contribution in [2.45, 2.75) is 26.9 Å². The minimum absolute atomic E-state index is 0.189. The number of aryl methyl sites for hydroxylation is 1. The Labute approximate surface area is 142 Å². The van der Waals surface area contributed by atoms with Gasteiger partial charge in [-0.2, -0.15) is 0 Å². The normalized spacial score (nSPS) is 13.3. The van der Waals surface area contributed by atoms with E-state index >= 15 is 0 Å². The van der Waals surface area contributed by atoms with E-state index in [4.69, 9.17) is 9.26 Å². The Morgan fingerprint density at radius 2 is 1.88 bits per heavy atom. The van der Waals surface area contributed by atoms with Gasteiger partial charge in [-0.3, -0.25) is 4.57 Å². The summed E-state index contributed by atoms with van der Waals surface area (Å²) < 4.78 is 23.3. The number of hydrogen-bond acceptors (Lipinski definition) is 5.